The Kier molecular flexibility index (Phi) is 4.06. The molecular weight excluding hydrogens is 242 g/mol. The minimum Gasteiger partial charge on any atom is -0.493 e. The summed E-state index contributed by atoms with van der Waals surface area (Å²) in [6, 6.07) is 7.76. The van der Waals surface area contributed by atoms with Crippen LogP contribution in [0.25, 0.3) is 11.3 Å². The second-order valence-corrected chi connectivity index (χ2v) is 4.11. The highest BCUT2D eigenvalue weighted by atomic mass is 16.5. The lowest BCUT2D eigenvalue weighted by atomic mass is 10.1. The minimum atomic E-state index is 0.480. The van der Waals surface area contributed by atoms with Crippen LogP contribution >= 0.6 is 0 Å². The van der Waals surface area contributed by atoms with E-state index in [9.17, 15) is 0 Å². The molecule has 5 heteroatoms. The van der Waals surface area contributed by atoms with Gasteiger partial charge in [0.15, 0.2) is 11.5 Å². The van der Waals surface area contributed by atoms with Crippen LogP contribution in [0.15, 0.2) is 24.3 Å². The fourth-order valence-electron chi connectivity index (χ4n) is 2.03. The predicted octanol–water partition coefficient (Wildman–Crippen LogP) is 2.05. The highest BCUT2D eigenvalue weighted by Gasteiger charge is 2.10. The summed E-state index contributed by atoms with van der Waals surface area (Å²) in [5.41, 5.74) is 8.61. The van der Waals surface area contributed by atoms with Crippen molar-refractivity contribution in [1.29, 1.82) is 0 Å². The van der Waals surface area contributed by atoms with Gasteiger partial charge in [0, 0.05) is 18.7 Å². The molecule has 1 aromatic carbocycles. The van der Waals surface area contributed by atoms with Gasteiger partial charge < -0.3 is 15.2 Å². The number of rotatable bonds is 5. The Morgan fingerprint density at radius 2 is 1.89 bits per heavy atom. The Labute approximate surface area is 112 Å². The number of nitrogens with zero attached hydrogens (tertiary/aromatic N) is 2. The van der Waals surface area contributed by atoms with Crippen LogP contribution in [0.2, 0.25) is 0 Å². The van der Waals surface area contributed by atoms with Gasteiger partial charge in [-0.1, -0.05) is 0 Å². The number of nitrogens with two attached hydrogens (primary N) is 1. The van der Waals surface area contributed by atoms with Crippen LogP contribution in [0, 0.1) is 0 Å². The van der Waals surface area contributed by atoms with Gasteiger partial charge in [-0.2, -0.15) is 5.10 Å². The van der Waals surface area contributed by atoms with Crippen LogP contribution in [0.5, 0.6) is 11.5 Å². The zero-order valence-corrected chi connectivity index (χ0v) is 11.5. The van der Waals surface area contributed by atoms with E-state index in [0.717, 1.165) is 23.5 Å². The van der Waals surface area contributed by atoms with Crippen molar-refractivity contribution in [2.45, 2.75) is 20.0 Å². The highest BCUT2D eigenvalue weighted by molar-refractivity contribution is 5.64. The fraction of sp³-hybridized carbons (Fsp3) is 0.357. The molecule has 1 heterocycles. The summed E-state index contributed by atoms with van der Waals surface area (Å²) >= 11 is 0. The van der Waals surface area contributed by atoms with Gasteiger partial charge in [-0.15, -0.1) is 0 Å². The van der Waals surface area contributed by atoms with Gasteiger partial charge in [0.1, 0.15) is 0 Å². The van der Waals surface area contributed by atoms with Gasteiger partial charge in [0.05, 0.1) is 25.6 Å². The number of aryl methyl sites for hydroxylation is 1. The van der Waals surface area contributed by atoms with Gasteiger partial charge in [-0.05, 0) is 31.2 Å². The molecule has 0 saturated heterocycles. The SMILES string of the molecule is CCn1nc(-c2ccc(OC)c(OC)c2)cc1CN. The van der Waals surface area contributed by atoms with E-state index in [4.69, 9.17) is 15.2 Å². The van der Waals surface area contributed by atoms with Crippen LogP contribution < -0.4 is 15.2 Å². The Hall–Kier alpha value is -2.01. The van der Waals surface area contributed by atoms with Crippen LogP contribution in [0.1, 0.15) is 12.6 Å². The van der Waals surface area contributed by atoms with Crippen molar-refractivity contribution in [3.8, 4) is 22.8 Å². The fourth-order valence-corrected chi connectivity index (χ4v) is 2.03. The first-order valence-corrected chi connectivity index (χ1v) is 6.22. The summed E-state index contributed by atoms with van der Waals surface area (Å²) in [5, 5.41) is 4.54. The Balaban J connectivity index is 2.44. The third-order valence-corrected chi connectivity index (χ3v) is 3.05. The second kappa shape index (κ2) is 5.75. The Morgan fingerprint density at radius 3 is 2.42 bits per heavy atom. The molecule has 1 aromatic heterocycles. The molecule has 0 spiro atoms. The van der Waals surface area contributed by atoms with Gasteiger partial charge in [0.2, 0.25) is 0 Å². The van der Waals surface area contributed by atoms with E-state index < -0.39 is 0 Å². The lowest BCUT2D eigenvalue weighted by Crippen LogP contribution is -2.06. The van der Waals surface area contributed by atoms with E-state index in [0.29, 0.717) is 18.0 Å². The number of hydrogen-bond acceptors (Lipinski definition) is 4. The smallest absolute Gasteiger partial charge is 0.161 e. The third kappa shape index (κ3) is 2.56. The minimum absolute atomic E-state index is 0.480. The standard InChI is InChI=1S/C14H19N3O2/c1-4-17-11(9-15)8-12(16-17)10-5-6-13(18-2)14(7-10)19-3/h5-8H,4,9,15H2,1-3H3. The molecule has 0 radical (unpaired) electrons. The topological polar surface area (TPSA) is 62.3 Å². The molecule has 0 atom stereocenters. The summed E-state index contributed by atoms with van der Waals surface area (Å²) in [4.78, 5) is 0. The van der Waals surface area contributed by atoms with E-state index in [1.807, 2.05) is 35.9 Å². The molecule has 0 aliphatic heterocycles. The molecule has 2 rings (SSSR count). The van der Waals surface area contributed by atoms with Crippen molar-refractivity contribution < 1.29 is 9.47 Å². The van der Waals surface area contributed by atoms with E-state index in [2.05, 4.69) is 5.10 Å². The van der Waals surface area contributed by atoms with Gasteiger partial charge in [-0.25, -0.2) is 0 Å². The number of aromatic nitrogens is 2. The molecule has 0 unspecified atom stereocenters. The predicted molar refractivity (Wildman–Crippen MR) is 74.3 cm³/mol. The van der Waals surface area contributed by atoms with Crippen molar-refractivity contribution in [1.82, 2.24) is 9.78 Å². The van der Waals surface area contributed by atoms with Crippen LogP contribution in [0.3, 0.4) is 0 Å². The summed E-state index contributed by atoms with van der Waals surface area (Å²) in [6.45, 7) is 3.33. The third-order valence-electron chi connectivity index (χ3n) is 3.05. The first-order valence-electron chi connectivity index (χ1n) is 6.22. The number of benzene rings is 1. The second-order valence-electron chi connectivity index (χ2n) is 4.11. The highest BCUT2D eigenvalue weighted by Crippen LogP contribution is 2.31. The lowest BCUT2D eigenvalue weighted by molar-refractivity contribution is 0.355. The van der Waals surface area contributed by atoms with Crippen LogP contribution in [-0.2, 0) is 13.1 Å². The number of hydrogen-bond donors (Lipinski definition) is 1. The molecule has 0 saturated carbocycles. The first kappa shape index (κ1) is 13.4. The monoisotopic (exact) mass is 261 g/mol. The summed E-state index contributed by atoms with van der Waals surface area (Å²) in [7, 11) is 3.24. The van der Waals surface area contributed by atoms with E-state index in [-0.39, 0.29) is 0 Å². The molecule has 5 nitrogen and oxygen atoms in total. The molecule has 0 fully saturated rings. The number of ether oxygens (including phenoxy) is 2. The molecular formula is C14H19N3O2. The maximum absolute atomic E-state index is 5.71. The van der Waals surface area contributed by atoms with Crippen LogP contribution in [0.4, 0.5) is 0 Å². The molecule has 2 N–H and O–H groups in total. The average Bonchev–Trinajstić information content (AvgIpc) is 2.89. The number of methoxy groups -OCH3 is 2. The van der Waals surface area contributed by atoms with Gasteiger partial charge in [-0.3, -0.25) is 4.68 Å². The largest absolute Gasteiger partial charge is 0.493 e. The molecule has 2 aromatic rings. The summed E-state index contributed by atoms with van der Waals surface area (Å²) in [5.74, 6) is 1.40. The maximum atomic E-state index is 5.71. The van der Waals surface area contributed by atoms with E-state index in [1.165, 1.54) is 0 Å². The van der Waals surface area contributed by atoms with Crippen LogP contribution in [-0.4, -0.2) is 24.0 Å². The Morgan fingerprint density at radius 1 is 1.16 bits per heavy atom. The average molecular weight is 261 g/mol. The Bertz CT molecular complexity index is 542. The van der Waals surface area contributed by atoms with E-state index in [1.54, 1.807) is 14.2 Å². The lowest BCUT2D eigenvalue weighted by Gasteiger charge is -2.08. The van der Waals surface area contributed by atoms with Crippen molar-refractivity contribution in [3.05, 3.63) is 30.0 Å². The van der Waals surface area contributed by atoms with Crippen molar-refractivity contribution in [2.24, 2.45) is 5.73 Å². The van der Waals surface area contributed by atoms with Crippen molar-refractivity contribution in [2.75, 3.05) is 14.2 Å². The quantitative estimate of drug-likeness (QED) is 0.894. The molecule has 0 bridgehead atoms. The zero-order chi connectivity index (χ0) is 13.8. The molecule has 0 aliphatic rings. The molecule has 0 aliphatic carbocycles. The van der Waals surface area contributed by atoms with Gasteiger partial charge >= 0.3 is 0 Å². The summed E-state index contributed by atoms with van der Waals surface area (Å²) in [6.07, 6.45) is 0. The maximum Gasteiger partial charge on any atom is 0.161 e. The molecule has 19 heavy (non-hydrogen) atoms. The first-order chi connectivity index (χ1) is 9.23. The van der Waals surface area contributed by atoms with Crippen molar-refractivity contribution in [3.63, 3.8) is 0 Å². The van der Waals surface area contributed by atoms with Gasteiger partial charge in [0.25, 0.3) is 0 Å². The summed E-state index contributed by atoms with van der Waals surface area (Å²) < 4.78 is 12.4. The normalized spacial score (nSPS) is 10.5. The molecule has 0 amide bonds. The zero-order valence-electron chi connectivity index (χ0n) is 11.5. The molecule has 102 valence electrons. The van der Waals surface area contributed by atoms with Crippen molar-refractivity contribution >= 4 is 0 Å². The van der Waals surface area contributed by atoms with E-state index >= 15 is 0 Å².